The van der Waals surface area contributed by atoms with Gasteiger partial charge in [0, 0.05) is 19.2 Å². The van der Waals surface area contributed by atoms with Gasteiger partial charge in [-0.05, 0) is 50.5 Å². The zero-order valence-corrected chi connectivity index (χ0v) is 15.8. The third-order valence-electron chi connectivity index (χ3n) is 4.17. The van der Waals surface area contributed by atoms with Crippen molar-refractivity contribution in [3.63, 3.8) is 0 Å². The number of likely N-dealkylation sites (tertiary alicyclic amines) is 1. The third-order valence-corrected chi connectivity index (χ3v) is 4.17. The lowest BCUT2D eigenvalue weighted by molar-refractivity contribution is -0.128. The van der Waals surface area contributed by atoms with Crippen LogP contribution >= 0.6 is 0 Å². The summed E-state index contributed by atoms with van der Waals surface area (Å²) in [6, 6.07) is 5.61. The minimum absolute atomic E-state index is 0.00733. The summed E-state index contributed by atoms with van der Waals surface area (Å²) < 4.78 is 16.6. The molecule has 6 heteroatoms. The molecule has 0 saturated carbocycles. The van der Waals surface area contributed by atoms with E-state index in [1.807, 2.05) is 36.9 Å². The monoisotopic (exact) mass is 363 g/mol. The molecule has 0 spiro atoms. The first-order valence-electron chi connectivity index (χ1n) is 9.07. The molecule has 1 heterocycles. The number of carbonyl (C=O) groups excluding carboxylic acids is 1. The molecule has 1 aromatic rings. The molecule has 1 saturated heterocycles. The van der Waals surface area contributed by atoms with E-state index in [2.05, 4.69) is 0 Å². The van der Waals surface area contributed by atoms with Gasteiger partial charge in [-0.2, -0.15) is 0 Å². The van der Waals surface area contributed by atoms with Gasteiger partial charge in [-0.3, -0.25) is 4.79 Å². The minimum Gasteiger partial charge on any atom is -0.493 e. The molecule has 0 bridgehead atoms. The maximum Gasteiger partial charge on any atom is 0.246 e. The van der Waals surface area contributed by atoms with Gasteiger partial charge < -0.3 is 24.2 Å². The maximum absolute atomic E-state index is 12.4. The van der Waals surface area contributed by atoms with Gasteiger partial charge in [0.05, 0.1) is 32.5 Å². The fourth-order valence-corrected chi connectivity index (χ4v) is 2.87. The number of aliphatic hydroxyl groups excluding tert-OH is 1. The van der Waals surface area contributed by atoms with E-state index in [1.165, 1.54) is 0 Å². The van der Waals surface area contributed by atoms with Gasteiger partial charge in [0.25, 0.3) is 0 Å². The number of hydrogen-bond donors (Lipinski definition) is 1. The molecule has 1 aromatic carbocycles. The first-order chi connectivity index (χ1) is 12.5. The van der Waals surface area contributed by atoms with Crippen molar-refractivity contribution in [1.29, 1.82) is 0 Å². The predicted octanol–water partition coefficient (Wildman–Crippen LogP) is 2.50. The molecule has 144 valence electrons. The van der Waals surface area contributed by atoms with Crippen molar-refractivity contribution in [2.45, 2.75) is 38.9 Å². The standard InChI is InChI=1S/C20H29NO5/c1-15(2)26-18-6-4-16(14-19(18)24-3)5-7-20(23)21-10-8-17(9-11-21)25-13-12-22/h4-7,14-15,17,22H,8-13H2,1-3H3. The van der Waals surface area contributed by atoms with Crippen LogP contribution in [-0.4, -0.2) is 61.5 Å². The van der Waals surface area contributed by atoms with Crippen LogP contribution in [-0.2, 0) is 9.53 Å². The molecular weight excluding hydrogens is 334 g/mol. The Morgan fingerprint density at radius 1 is 1.31 bits per heavy atom. The summed E-state index contributed by atoms with van der Waals surface area (Å²) in [6.07, 6.45) is 5.18. The van der Waals surface area contributed by atoms with Gasteiger partial charge in [0.15, 0.2) is 11.5 Å². The van der Waals surface area contributed by atoms with Crippen molar-refractivity contribution in [2.75, 3.05) is 33.4 Å². The summed E-state index contributed by atoms with van der Waals surface area (Å²) in [7, 11) is 1.60. The molecule has 0 radical (unpaired) electrons. The maximum atomic E-state index is 12.4. The molecule has 0 aliphatic carbocycles. The van der Waals surface area contributed by atoms with E-state index in [1.54, 1.807) is 19.3 Å². The molecule has 1 aliphatic heterocycles. The number of benzene rings is 1. The van der Waals surface area contributed by atoms with Crippen molar-refractivity contribution in [3.05, 3.63) is 29.8 Å². The summed E-state index contributed by atoms with van der Waals surface area (Å²) in [5.41, 5.74) is 0.882. The Bertz CT molecular complexity index is 606. The van der Waals surface area contributed by atoms with Gasteiger partial charge in [0.1, 0.15) is 0 Å². The van der Waals surface area contributed by atoms with Crippen LogP contribution in [0.25, 0.3) is 6.08 Å². The van der Waals surface area contributed by atoms with E-state index < -0.39 is 0 Å². The molecule has 0 aromatic heterocycles. The van der Waals surface area contributed by atoms with Crippen LogP contribution in [0.15, 0.2) is 24.3 Å². The molecule has 1 N–H and O–H groups in total. The van der Waals surface area contributed by atoms with E-state index >= 15 is 0 Å². The van der Waals surface area contributed by atoms with Crippen LogP contribution in [0.2, 0.25) is 0 Å². The molecule has 6 nitrogen and oxygen atoms in total. The van der Waals surface area contributed by atoms with Crippen LogP contribution in [0.3, 0.4) is 0 Å². The largest absolute Gasteiger partial charge is 0.493 e. The highest BCUT2D eigenvalue weighted by atomic mass is 16.5. The Hall–Kier alpha value is -2.05. The highest BCUT2D eigenvalue weighted by Gasteiger charge is 2.21. The summed E-state index contributed by atoms with van der Waals surface area (Å²) in [5.74, 6) is 1.33. The minimum atomic E-state index is -0.00733. The normalized spacial score (nSPS) is 15.7. The Morgan fingerprint density at radius 3 is 2.65 bits per heavy atom. The number of nitrogens with zero attached hydrogens (tertiary/aromatic N) is 1. The number of amides is 1. The van der Waals surface area contributed by atoms with Crippen LogP contribution in [0, 0.1) is 0 Å². The van der Waals surface area contributed by atoms with Gasteiger partial charge in [-0.1, -0.05) is 6.07 Å². The van der Waals surface area contributed by atoms with E-state index in [0.717, 1.165) is 18.4 Å². The SMILES string of the molecule is COc1cc(C=CC(=O)N2CCC(OCCO)CC2)ccc1OC(C)C. The van der Waals surface area contributed by atoms with Crippen molar-refractivity contribution < 1.29 is 24.1 Å². The van der Waals surface area contributed by atoms with Crippen molar-refractivity contribution in [2.24, 2.45) is 0 Å². The fraction of sp³-hybridized carbons (Fsp3) is 0.550. The van der Waals surface area contributed by atoms with Gasteiger partial charge in [0.2, 0.25) is 5.91 Å². The van der Waals surface area contributed by atoms with Crippen LogP contribution in [0.4, 0.5) is 0 Å². The molecule has 0 unspecified atom stereocenters. The summed E-state index contributed by atoms with van der Waals surface area (Å²) in [6.45, 7) is 5.66. The lowest BCUT2D eigenvalue weighted by atomic mass is 10.1. The van der Waals surface area contributed by atoms with Gasteiger partial charge in [-0.25, -0.2) is 0 Å². The second-order valence-electron chi connectivity index (χ2n) is 6.53. The molecular formula is C20H29NO5. The summed E-state index contributed by atoms with van der Waals surface area (Å²) in [4.78, 5) is 14.2. The van der Waals surface area contributed by atoms with E-state index in [0.29, 0.717) is 31.2 Å². The fourth-order valence-electron chi connectivity index (χ4n) is 2.87. The van der Waals surface area contributed by atoms with Crippen LogP contribution in [0.5, 0.6) is 11.5 Å². The second kappa shape index (κ2) is 10.2. The first-order valence-corrected chi connectivity index (χ1v) is 9.07. The topological polar surface area (TPSA) is 68.2 Å². The zero-order valence-electron chi connectivity index (χ0n) is 15.8. The van der Waals surface area contributed by atoms with Crippen molar-refractivity contribution in [1.82, 2.24) is 4.90 Å². The smallest absolute Gasteiger partial charge is 0.246 e. The molecule has 1 fully saturated rings. The van der Waals surface area contributed by atoms with Crippen molar-refractivity contribution in [3.8, 4) is 11.5 Å². The predicted molar refractivity (Wildman–Crippen MR) is 100 cm³/mol. The Morgan fingerprint density at radius 2 is 2.04 bits per heavy atom. The third kappa shape index (κ3) is 6.04. The highest BCUT2D eigenvalue weighted by molar-refractivity contribution is 5.91. The molecule has 1 aliphatic rings. The average molecular weight is 363 g/mol. The number of carbonyl (C=O) groups is 1. The molecule has 2 rings (SSSR count). The van der Waals surface area contributed by atoms with Gasteiger partial charge >= 0.3 is 0 Å². The summed E-state index contributed by atoms with van der Waals surface area (Å²) >= 11 is 0. The quantitative estimate of drug-likeness (QED) is 0.719. The highest BCUT2D eigenvalue weighted by Crippen LogP contribution is 2.29. The van der Waals surface area contributed by atoms with E-state index in [-0.39, 0.29) is 24.7 Å². The van der Waals surface area contributed by atoms with Crippen LogP contribution in [0.1, 0.15) is 32.3 Å². The Labute approximate surface area is 155 Å². The number of ether oxygens (including phenoxy) is 3. The molecule has 0 atom stereocenters. The second-order valence-corrected chi connectivity index (χ2v) is 6.53. The summed E-state index contributed by atoms with van der Waals surface area (Å²) in [5, 5.41) is 8.80. The van der Waals surface area contributed by atoms with E-state index in [9.17, 15) is 4.79 Å². The lowest BCUT2D eigenvalue weighted by Crippen LogP contribution is -2.40. The number of piperidine rings is 1. The number of methoxy groups -OCH3 is 1. The van der Waals surface area contributed by atoms with E-state index in [4.69, 9.17) is 19.3 Å². The number of hydrogen-bond acceptors (Lipinski definition) is 5. The van der Waals surface area contributed by atoms with Crippen LogP contribution < -0.4 is 9.47 Å². The lowest BCUT2D eigenvalue weighted by Gasteiger charge is -2.31. The number of rotatable bonds is 8. The molecule has 1 amide bonds. The first kappa shape index (κ1) is 20.3. The Balaban J connectivity index is 1.92. The van der Waals surface area contributed by atoms with Crippen molar-refractivity contribution >= 4 is 12.0 Å². The average Bonchev–Trinajstić information content (AvgIpc) is 2.65. The zero-order chi connectivity index (χ0) is 18.9. The van der Waals surface area contributed by atoms with Gasteiger partial charge in [-0.15, -0.1) is 0 Å². The Kier molecular flexibility index (Phi) is 7.94. The molecule has 26 heavy (non-hydrogen) atoms. The number of aliphatic hydroxyl groups is 1.